The maximum Gasteiger partial charge on any atom is 0.271 e. The van der Waals surface area contributed by atoms with Gasteiger partial charge < -0.3 is 20.9 Å². The molecule has 1 aliphatic heterocycles. The lowest BCUT2D eigenvalue weighted by Crippen LogP contribution is -2.22. The fourth-order valence-electron chi connectivity index (χ4n) is 3.62. The molecule has 0 bridgehead atoms. The third kappa shape index (κ3) is 5.03. The predicted octanol–water partition coefficient (Wildman–Crippen LogP) is 3.16. The molecule has 0 unspecified atom stereocenters. The molecule has 8 heteroatoms. The summed E-state index contributed by atoms with van der Waals surface area (Å²) in [6, 6.07) is 11.2. The molecule has 2 aromatic heterocycles. The summed E-state index contributed by atoms with van der Waals surface area (Å²) in [6.07, 6.45) is 4.10. The van der Waals surface area contributed by atoms with Crippen LogP contribution in [0.15, 0.2) is 53.7 Å². The molecule has 8 nitrogen and oxygen atoms in total. The molecule has 1 saturated heterocycles. The van der Waals surface area contributed by atoms with Gasteiger partial charge in [0.25, 0.3) is 11.5 Å². The van der Waals surface area contributed by atoms with Crippen LogP contribution in [0.3, 0.4) is 0 Å². The van der Waals surface area contributed by atoms with E-state index in [4.69, 9.17) is 0 Å². The molecule has 3 aromatic rings. The zero-order chi connectivity index (χ0) is 22.7. The number of H-pyrrole nitrogens is 1. The lowest BCUT2D eigenvalue weighted by Gasteiger charge is -2.19. The number of anilines is 2. The first-order valence-electron chi connectivity index (χ1n) is 10.7. The van der Waals surface area contributed by atoms with E-state index in [1.807, 2.05) is 18.2 Å². The lowest BCUT2D eigenvalue weighted by molar-refractivity contribution is 0.102. The number of carbonyl (C=O) groups excluding carboxylic acids is 1. The maximum atomic E-state index is 12.7. The summed E-state index contributed by atoms with van der Waals surface area (Å²) in [5, 5.41) is 9.42. The van der Waals surface area contributed by atoms with Crippen LogP contribution in [0.4, 0.5) is 11.5 Å². The first-order valence-corrected chi connectivity index (χ1v) is 10.7. The molecule has 1 amide bonds. The van der Waals surface area contributed by atoms with Crippen molar-refractivity contribution in [1.29, 1.82) is 0 Å². The van der Waals surface area contributed by atoms with Gasteiger partial charge in [0.1, 0.15) is 17.8 Å². The van der Waals surface area contributed by atoms with E-state index in [9.17, 15) is 9.59 Å². The Bertz CT molecular complexity index is 1160. The Morgan fingerprint density at radius 3 is 2.59 bits per heavy atom. The number of hydrogen-bond acceptors (Lipinski definition) is 6. The minimum atomic E-state index is -0.377. The van der Waals surface area contributed by atoms with E-state index in [1.54, 1.807) is 24.4 Å². The number of benzene rings is 1. The van der Waals surface area contributed by atoms with Crippen LogP contribution in [0, 0.1) is 0 Å². The van der Waals surface area contributed by atoms with Gasteiger partial charge in [-0.05, 0) is 42.1 Å². The maximum absolute atomic E-state index is 12.7. The molecule has 4 rings (SSSR count). The van der Waals surface area contributed by atoms with Crippen molar-refractivity contribution in [1.82, 2.24) is 20.3 Å². The minimum absolute atomic E-state index is 0.0000121. The highest BCUT2D eigenvalue weighted by Gasteiger charge is 2.17. The van der Waals surface area contributed by atoms with E-state index in [0.717, 1.165) is 30.9 Å². The lowest BCUT2D eigenvalue weighted by atomic mass is 9.87. The van der Waals surface area contributed by atoms with E-state index in [1.165, 1.54) is 6.33 Å². The van der Waals surface area contributed by atoms with Gasteiger partial charge in [-0.3, -0.25) is 9.59 Å². The second kappa shape index (κ2) is 8.92. The Morgan fingerprint density at radius 1 is 1.12 bits per heavy atom. The van der Waals surface area contributed by atoms with Gasteiger partial charge >= 0.3 is 0 Å². The molecule has 0 spiro atoms. The molecular formula is C24H28N6O2. The highest BCUT2D eigenvalue weighted by Crippen LogP contribution is 2.23. The molecule has 1 aliphatic rings. The minimum Gasteiger partial charge on any atom is -0.366 e. The summed E-state index contributed by atoms with van der Waals surface area (Å²) in [4.78, 5) is 36.3. The molecule has 0 radical (unpaired) electrons. The highest BCUT2D eigenvalue weighted by molar-refractivity contribution is 6.04. The summed E-state index contributed by atoms with van der Waals surface area (Å²) in [5.74, 6) is 0.381. The van der Waals surface area contributed by atoms with Crippen molar-refractivity contribution >= 4 is 17.4 Å². The summed E-state index contributed by atoms with van der Waals surface area (Å²) in [6.45, 7) is 8.23. The average Bonchev–Trinajstić information content (AvgIpc) is 3.28. The quantitative estimate of drug-likeness (QED) is 0.493. The Morgan fingerprint density at radius 2 is 1.91 bits per heavy atom. The van der Waals surface area contributed by atoms with Gasteiger partial charge in [0.15, 0.2) is 0 Å². The number of aromatic amines is 1. The van der Waals surface area contributed by atoms with Crippen LogP contribution in [-0.2, 0) is 5.41 Å². The first kappa shape index (κ1) is 21.7. The SMILES string of the molecule is CC(C)(C)c1ccc(C(=O)Nc2cc(-c3cc(N[C@@H]4CCNC4)ncn3)c[nH]c2=O)cc1. The highest BCUT2D eigenvalue weighted by atomic mass is 16.2. The number of hydrogen-bond donors (Lipinski definition) is 4. The first-order chi connectivity index (χ1) is 15.3. The Hall–Kier alpha value is -3.52. The molecule has 0 aliphatic carbocycles. The number of nitrogens with zero attached hydrogens (tertiary/aromatic N) is 2. The molecule has 0 saturated carbocycles. The van der Waals surface area contributed by atoms with Gasteiger partial charge in [0.2, 0.25) is 0 Å². The molecule has 1 fully saturated rings. The van der Waals surface area contributed by atoms with E-state index < -0.39 is 0 Å². The largest absolute Gasteiger partial charge is 0.366 e. The Labute approximate surface area is 186 Å². The summed E-state index contributed by atoms with van der Waals surface area (Å²) in [5.41, 5.74) is 2.74. The number of rotatable bonds is 5. The van der Waals surface area contributed by atoms with Crippen LogP contribution in [-0.4, -0.2) is 40.0 Å². The average molecular weight is 433 g/mol. The van der Waals surface area contributed by atoms with Crippen molar-refractivity contribution in [3.63, 3.8) is 0 Å². The van der Waals surface area contributed by atoms with Crippen LogP contribution in [0.25, 0.3) is 11.3 Å². The van der Waals surface area contributed by atoms with Crippen molar-refractivity contribution in [2.24, 2.45) is 0 Å². The van der Waals surface area contributed by atoms with E-state index >= 15 is 0 Å². The number of amides is 1. The van der Waals surface area contributed by atoms with Crippen LogP contribution in [0.5, 0.6) is 0 Å². The fraction of sp³-hybridized carbons (Fsp3) is 0.333. The fourth-order valence-corrected chi connectivity index (χ4v) is 3.62. The van der Waals surface area contributed by atoms with E-state index in [2.05, 4.69) is 51.7 Å². The topological polar surface area (TPSA) is 112 Å². The summed E-state index contributed by atoms with van der Waals surface area (Å²) >= 11 is 0. The molecule has 1 atom stereocenters. The molecule has 1 aromatic carbocycles. The van der Waals surface area contributed by atoms with E-state index in [0.29, 0.717) is 22.9 Å². The van der Waals surface area contributed by atoms with Crippen molar-refractivity contribution in [2.75, 3.05) is 23.7 Å². The zero-order valence-electron chi connectivity index (χ0n) is 18.5. The number of carbonyl (C=O) groups is 1. The van der Waals surface area contributed by atoms with Crippen molar-refractivity contribution in [2.45, 2.75) is 38.6 Å². The zero-order valence-corrected chi connectivity index (χ0v) is 18.5. The molecular weight excluding hydrogens is 404 g/mol. The monoisotopic (exact) mass is 432 g/mol. The number of nitrogens with one attached hydrogen (secondary N) is 4. The van der Waals surface area contributed by atoms with Gasteiger partial charge in [-0.25, -0.2) is 9.97 Å². The van der Waals surface area contributed by atoms with Crippen LogP contribution < -0.4 is 21.5 Å². The molecule has 3 heterocycles. The Kier molecular flexibility index (Phi) is 6.05. The summed E-state index contributed by atoms with van der Waals surface area (Å²) < 4.78 is 0. The van der Waals surface area contributed by atoms with Crippen LogP contribution in [0.2, 0.25) is 0 Å². The number of pyridine rings is 1. The van der Waals surface area contributed by atoms with Crippen molar-refractivity contribution < 1.29 is 4.79 Å². The second-order valence-corrected chi connectivity index (χ2v) is 9.04. The van der Waals surface area contributed by atoms with E-state index in [-0.39, 0.29) is 22.6 Å². The van der Waals surface area contributed by atoms with Gasteiger partial charge in [-0.1, -0.05) is 32.9 Å². The third-order valence-corrected chi connectivity index (χ3v) is 5.54. The molecule has 32 heavy (non-hydrogen) atoms. The van der Waals surface area contributed by atoms with Gasteiger partial charge in [-0.15, -0.1) is 0 Å². The Balaban J connectivity index is 1.53. The van der Waals surface area contributed by atoms with Crippen molar-refractivity contribution in [3.05, 3.63) is 70.4 Å². The second-order valence-electron chi connectivity index (χ2n) is 9.04. The van der Waals surface area contributed by atoms with Gasteiger partial charge in [0, 0.05) is 36.0 Å². The van der Waals surface area contributed by atoms with Gasteiger partial charge in [-0.2, -0.15) is 0 Å². The molecule has 166 valence electrons. The smallest absolute Gasteiger partial charge is 0.271 e. The standard InChI is InChI=1S/C24H28N6O2/c1-24(2,3)17-6-4-15(5-7-17)22(31)30-20-10-16(12-26-23(20)32)19-11-21(28-14-27-19)29-18-8-9-25-13-18/h4-7,10-12,14,18,25H,8-9,13H2,1-3H3,(H,26,32)(H,30,31)(H,27,28,29)/t18-/m1/s1. The third-order valence-electron chi connectivity index (χ3n) is 5.54. The van der Waals surface area contributed by atoms with Crippen molar-refractivity contribution in [3.8, 4) is 11.3 Å². The summed E-state index contributed by atoms with van der Waals surface area (Å²) in [7, 11) is 0. The normalized spacial score (nSPS) is 16.0. The van der Waals surface area contributed by atoms with Crippen LogP contribution in [0.1, 0.15) is 43.1 Å². The number of aromatic nitrogens is 3. The van der Waals surface area contributed by atoms with Gasteiger partial charge in [0.05, 0.1) is 5.69 Å². The predicted molar refractivity (Wildman–Crippen MR) is 126 cm³/mol. The van der Waals surface area contributed by atoms with Crippen LogP contribution >= 0.6 is 0 Å². The molecule has 4 N–H and O–H groups in total.